The molecule has 0 radical (unpaired) electrons. The Hall–Kier alpha value is -0.620. The summed E-state index contributed by atoms with van der Waals surface area (Å²) in [4.78, 5) is 11.9. The topological polar surface area (TPSA) is 41.1 Å². The highest BCUT2D eigenvalue weighted by molar-refractivity contribution is 14.1. The number of piperidine rings is 1. The molecule has 0 saturated carbocycles. The maximum absolute atomic E-state index is 11.9. The first-order valence-electron chi connectivity index (χ1n) is 6.00. The fraction of sp³-hybridized carbons (Fsp3) is 0.462. The van der Waals surface area contributed by atoms with Gasteiger partial charge in [-0.05, 0) is 72.6 Å². The predicted octanol–water partition coefficient (Wildman–Crippen LogP) is 2.02. The number of hydrogen-bond acceptors (Lipinski definition) is 2. The van der Waals surface area contributed by atoms with E-state index in [1.54, 1.807) is 0 Å². The maximum Gasteiger partial charge on any atom is 0.251 e. The molecule has 1 heterocycles. The van der Waals surface area contributed by atoms with Crippen molar-refractivity contribution in [3.63, 3.8) is 0 Å². The summed E-state index contributed by atoms with van der Waals surface area (Å²) in [5, 5.41) is 6.35. The molecule has 1 saturated heterocycles. The van der Waals surface area contributed by atoms with Crippen LogP contribution in [-0.2, 0) is 0 Å². The first-order chi connectivity index (χ1) is 8.25. The molecule has 2 N–H and O–H groups in total. The van der Waals surface area contributed by atoms with E-state index < -0.39 is 0 Å². The molecule has 17 heavy (non-hydrogen) atoms. The molecule has 4 heteroatoms. The number of halogens is 1. The fourth-order valence-corrected chi connectivity index (χ4v) is 2.60. The molecule has 3 nitrogen and oxygen atoms in total. The Labute approximate surface area is 116 Å². The molecular weight excluding hydrogens is 327 g/mol. The number of rotatable bonds is 3. The van der Waals surface area contributed by atoms with Gasteiger partial charge in [0.2, 0.25) is 0 Å². The van der Waals surface area contributed by atoms with Crippen LogP contribution < -0.4 is 10.6 Å². The van der Waals surface area contributed by atoms with Crippen molar-refractivity contribution in [1.29, 1.82) is 0 Å². The van der Waals surface area contributed by atoms with E-state index in [0.29, 0.717) is 5.92 Å². The average Bonchev–Trinajstić information content (AvgIpc) is 2.37. The van der Waals surface area contributed by atoms with Crippen LogP contribution in [0.15, 0.2) is 24.3 Å². The Kier molecular flexibility index (Phi) is 4.79. The third-order valence-electron chi connectivity index (χ3n) is 3.10. The van der Waals surface area contributed by atoms with Gasteiger partial charge < -0.3 is 10.6 Å². The van der Waals surface area contributed by atoms with Gasteiger partial charge in [0.1, 0.15) is 0 Å². The molecule has 92 valence electrons. The molecule has 1 aromatic carbocycles. The molecule has 1 fully saturated rings. The number of carbonyl (C=O) groups excluding carboxylic acids is 1. The third-order valence-corrected chi connectivity index (χ3v) is 3.77. The molecule has 0 aliphatic carbocycles. The summed E-state index contributed by atoms with van der Waals surface area (Å²) in [6, 6.07) is 7.68. The highest BCUT2D eigenvalue weighted by atomic mass is 127. The summed E-state index contributed by atoms with van der Waals surface area (Å²) < 4.78 is 1.09. The summed E-state index contributed by atoms with van der Waals surface area (Å²) in [6.45, 7) is 2.94. The Bertz CT molecular complexity index is 389. The Morgan fingerprint density at radius 1 is 1.41 bits per heavy atom. The van der Waals surface area contributed by atoms with Crippen molar-refractivity contribution in [2.24, 2.45) is 5.92 Å². The van der Waals surface area contributed by atoms with Gasteiger partial charge in [-0.1, -0.05) is 6.07 Å². The second-order valence-electron chi connectivity index (χ2n) is 4.41. The van der Waals surface area contributed by atoms with Gasteiger partial charge >= 0.3 is 0 Å². The van der Waals surface area contributed by atoms with E-state index in [4.69, 9.17) is 0 Å². The second kappa shape index (κ2) is 6.35. The summed E-state index contributed by atoms with van der Waals surface area (Å²) in [6.07, 6.45) is 2.32. The molecule has 1 aromatic rings. The summed E-state index contributed by atoms with van der Waals surface area (Å²) >= 11 is 2.22. The largest absolute Gasteiger partial charge is 0.352 e. The molecule has 0 aromatic heterocycles. The summed E-state index contributed by atoms with van der Waals surface area (Å²) in [5.74, 6) is 0.671. The van der Waals surface area contributed by atoms with Crippen molar-refractivity contribution in [2.75, 3.05) is 19.6 Å². The average molecular weight is 344 g/mol. The zero-order chi connectivity index (χ0) is 12.1. The number of amides is 1. The zero-order valence-corrected chi connectivity index (χ0v) is 11.9. The Balaban J connectivity index is 1.84. The van der Waals surface area contributed by atoms with Gasteiger partial charge in [0, 0.05) is 15.7 Å². The third kappa shape index (κ3) is 3.96. The Morgan fingerprint density at radius 2 is 2.18 bits per heavy atom. The lowest BCUT2D eigenvalue weighted by molar-refractivity contribution is 0.0944. The van der Waals surface area contributed by atoms with Crippen LogP contribution in [0.4, 0.5) is 0 Å². The molecule has 0 bridgehead atoms. The zero-order valence-electron chi connectivity index (χ0n) is 9.71. The highest BCUT2D eigenvalue weighted by Crippen LogP contribution is 2.11. The van der Waals surface area contributed by atoms with E-state index in [9.17, 15) is 4.79 Å². The number of hydrogen-bond donors (Lipinski definition) is 2. The quantitative estimate of drug-likeness (QED) is 0.824. The van der Waals surface area contributed by atoms with Gasteiger partial charge in [0.15, 0.2) is 0 Å². The molecular formula is C13H17IN2O. The molecule has 1 amide bonds. The summed E-state index contributed by atoms with van der Waals surface area (Å²) in [5.41, 5.74) is 0.755. The summed E-state index contributed by atoms with van der Waals surface area (Å²) in [7, 11) is 0. The van der Waals surface area contributed by atoms with Crippen LogP contribution in [0, 0.1) is 9.49 Å². The van der Waals surface area contributed by atoms with Crippen LogP contribution in [0.1, 0.15) is 23.2 Å². The molecule has 1 aliphatic heterocycles. The van der Waals surface area contributed by atoms with Crippen LogP contribution in [-0.4, -0.2) is 25.5 Å². The fourth-order valence-electron chi connectivity index (χ4n) is 2.05. The minimum atomic E-state index is 0.0436. The number of carbonyl (C=O) groups is 1. The highest BCUT2D eigenvalue weighted by Gasteiger charge is 2.14. The van der Waals surface area contributed by atoms with Gasteiger partial charge in [0.05, 0.1) is 0 Å². The van der Waals surface area contributed by atoms with Gasteiger partial charge in [-0.3, -0.25) is 4.79 Å². The lowest BCUT2D eigenvalue weighted by atomic mass is 9.98. The second-order valence-corrected chi connectivity index (χ2v) is 5.66. The molecule has 1 aliphatic rings. The minimum absolute atomic E-state index is 0.0436. The van der Waals surface area contributed by atoms with Gasteiger partial charge in [-0.2, -0.15) is 0 Å². The molecule has 2 rings (SSSR count). The van der Waals surface area contributed by atoms with E-state index in [1.807, 2.05) is 24.3 Å². The first kappa shape index (κ1) is 12.8. The lowest BCUT2D eigenvalue weighted by Gasteiger charge is -2.22. The monoisotopic (exact) mass is 344 g/mol. The maximum atomic E-state index is 11.9. The van der Waals surface area contributed by atoms with Gasteiger partial charge in [0.25, 0.3) is 5.91 Å². The van der Waals surface area contributed by atoms with Crippen molar-refractivity contribution < 1.29 is 4.79 Å². The van der Waals surface area contributed by atoms with Crippen LogP contribution in [0.25, 0.3) is 0 Å². The van der Waals surface area contributed by atoms with E-state index in [-0.39, 0.29) is 5.91 Å². The number of nitrogens with one attached hydrogen (secondary N) is 2. The van der Waals surface area contributed by atoms with E-state index in [2.05, 4.69) is 33.2 Å². The van der Waals surface area contributed by atoms with Crippen molar-refractivity contribution in [3.8, 4) is 0 Å². The van der Waals surface area contributed by atoms with Crippen LogP contribution in [0.2, 0.25) is 0 Å². The lowest BCUT2D eigenvalue weighted by Crippen LogP contribution is -2.35. The SMILES string of the molecule is O=C(NCC1CCNCC1)c1cccc(I)c1. The minimum Gasteiger partial charge on any atom is -0.352 e. The predicted molar refractivity (Wildman–Crippen MR) is 77.1 cm³/mol. The van der Waals surface area contributed by atoms with Crippen molar-refractivity contribution in [3.05, 3.63) is 33.4 Å². The normalized spacial score (nSPS) is 16.8. The molecule has 0 spiro atoms. The molecule has 0 unspecified atom stereocenters. The van der Waals surface area contributed by atoms with Crippen molar-refractivity contribution in [1.82, 2.24) is 10.6 Å². The van der Waals surface area contributed by atoms with Crippen LogP contribution in [0.5, 0.6) is 0 Å². The van der Waals surface area contributed by atoms with E-state index in [0.717, 1.165) is 41.6 Å². The van der Waals surface area contributed by atoms with Crippen molar-refractivity contribution in [2.45, 2.75) is 12.8 Å². The Morgan fingerprint density at radius 3 is 2.88 bits per heavy atom. The van der Waals surface area contributed by atoms with Gasteiger partial charge in [-0.25, -0.2) is 0 Å². The van der Waals surface area contributed by atoms with Gasteiger partial charge in [-0.15, -0.1) is 0 Å². The van der Waals surface area contributed by atoms with Crippen molar-refractivity contribution >= 4 is 28.5 Å². The number of benzene rings is 1. The first-order valence-corrected chi connectivity index (χ1v) is 7.08. The smallest absolute Gasteiger partial charge is 0.251 e. The molecule has 0 atom stereocenters. The van der Waals surface area contributed by atoms with E-state index >= 15 is 0 Å². The van der Waals surface area contributed by atoms with Crippen LogP contribution >= 0.6 is 22.6 Å². The van der Waals surface area contributed by atoms with E-state index in [1.165, 1.54) is 0 Å². The standard InChI is InChI=1S/C13H17IN2O/c14-12-3-1-2-11(8-12)13(17)16-9-10-4-6-15-7-5-10/h1-3,8,10,15H,4-7,9H2,(H,16,17). The van der Waals surface area contributed by atoms with Crippen LogP contribution in [0.3, 0.4) is 0 Å².